The number of amides is 1. The summed E-state index contributed by atoms with van der Waals surface area (Å²) in [7, 11) is 0. The first kappa shape index (κ1) is 19.0. The van der Waals surface area contributed by atoms with Gasteiger partial charge in [0.1, 0.15) is 6.04 Å². The summed E-state index contributed by atoms with van der Waals surface area (Å²) < 4.78 is 5.34. The lowest BCUT2D eigenvalue weighted by Crippen LogP contribution is -2.44. The topological polar surface area (TPSA) is 71.2 Å². The van der Waals surface area contributed by atoms with Crippen molar-refractivity contribution in [3.05, 3.63) is 70.9 Å². The monoisotopic (exact) mass is 384 g/mol. The van der Waals surface area contributed by atoms with Crippen LogP contribution in [0.25, 0.3) is 10.9 Å². The fourth-order valence-corrected chi connectivity index (χ4v) is 3.13. The summed E-state index contributed by atoms with van der Waals surface area (Å²) in [4.78, 5) is 28.4. The molecule has 0 aliphatic rings. The average molecular weight is 385 g/mol. The molecule has 0 aliphatic heterocycles. The Kier molecular flexibility index (Phi) is 5.81. The van der Waals surface area contributed by atoms with E-state index in [0.717, 1.165) is 16.5 Å². The second-order valence-corrected chi connectivity index (χ2v) is 6.96. The van der Waals surface area contributed by atoms with Gasteiger partial charge in [-0.05, 0) is 37.6 Å². The van der Waals surface area contributed by atoms with Gasteiger partial charge in [0.2, 0.25) is 0 Å². The first-order chi connectivity index (χ1) is 13.0. The van der Waals surface area contributed by atoms with Gasteiger partial charge in [-0.15, -0.1) is 0 Å². The molecule has 0 aliphatic carbocycles. The van der Waals surface area contributed by atoms with Gasteiger partial charge in [-0.25, -0.2) is 4.79 Å². The predicted molar refractivity (Wildman–Crippen MR) is 106 cm³/mol. The van der Waals surface area contributed by atoms with Crippen molar-refractivity contribution in [2.75, 3.05) is 0 Å². The van der Waals surface area contributed by atoms with E-state index >= 15 is 0 Å². The van der Waals surface area contributed by atoms with Gasteiger partial charge < -0.3 is 15.0 Å². The Morgan fingerprint density at radius 1 is 1.11 bits per heavy atom. The van der Waals surface area contributed by atoms with E-state index in [1.54, 1.807) is 38.1 Å². The van der Waals surface area contributed by atoms with Gasteiger partial charge in [0, 0.05) is 23.5 Å². The summed E-state index contributed by atoms with van der Waals surface area (Å²) in [5, 5.41) is 4.11. The van der Waals surface area contributed by atoms with Crippen molar-refractivity contribution in [3.63, 3.8) is 0 Å². The predicted octanol–water partition coefficient (Wildman–Crippen LogP) is 4.11. The Morgan fingerprint density at radius 2 is 1.81 bits per heavy atom. The maximum absolute atomic E-state index is 12.6. The number of aromatic amines is 1. The molecule has 1 heterocycles. The first-order valence-electron chi connectivity index (χ1n) is 8.76. The zero-order valence-corrected chi connectivity index (χ0v) is 15.9. The van der Waals surface area contributed by atoms with Crippen molar-refractivity contribution in [3.8, 4) is 0 Å². The van der Waals surface area contributed by atoms with Gasteiger partial charge in [0.05, 0.1) is 16.7 Å². The van der Waals surface area contributed by atoms with E-state index in [1.807, 2.05) is 30.5 Å². The summed E-state index contributed by atoms with van der Waals surface area (Å²) in [5.41, 5.74) is 2.22. The minimum absolute atomic E-state index is 0.278. The number of aromatic nitrogens is 1. The zero-order chi connectivity index (χ0) is 19.4. The normalized spacial score (nSPS) is 12.1. The Balaban J connectivity index is 1.86. The fourth-order valence-electron chi connectivity index (χ4n) is 2.91. The standard InChI is InChI=1S/C21H21ClN2O3/c1-13(2)27-21(26)19(24-20(25)16-8-3-5-9-17(16)22)11-14-12-23-18-10-6-4-7-15(14)18/h3-10,12-13,19,23H,11H2,1-2H3,(H,24,25). The minimum Gasteiger partial charge on any atom is -0.461 e. The molecule has 27 heavy (non-hydrogen) atoms. The molecule has 1 amide bonds. The van der Waals surface area contributed by atoms with Crippen LogP contribution in [0.1, 0.15) is 29.8 Å². The van der Waals surface area contributed by atoms with Crippen molar-refractivity contribution in [2.24, 2.45) is 0 Å². The molecule has 1 aromatic heterocycles. The second kappa shape index (κ2) is 8.27. The molecule has 6 heteroatoms. The third kappa shape index (κ3) is 4.49. The quantitative estimate of drug-likeness (QED) is 0.628. The molecule has 3 rings (SSSR count). The number of nitrogens with one attached hydrogen (secondary N) is 2. The van der Waals surface area contributed by atoms with Crippen LogP contribution >= 0.6 is 11.6 Å². The number of hydrogen-bond acceptors (Lipinski definition) is 3. The van der Waals surface area contributed by atoms with E-state index in [4.69, 9.17) is 16.3 Å². The van der Waals surface area contributed by atoms with Crippen LogP contribution in [0.4, 0.5) is 0 Å². The SMILES string of the molecule is CC(C)OC(=O)C(Cc1c[nH]c2ccccc12)NC(=O)c1ccccc1Cl. The number of para-hydroxylation sites is 1. The lowest BCUT2D eigenvalue weighted by Gasteiger charge is -2.19. The lowest BCUT2D eigenvalue weighted by atomic mass is 10.0. The molecule has 5 nitrogen and oxygen atoms in total. The Morgan fingerprint density at radius 3 is 2.56 bits per heavy atom. The van der Waals surface area contributed by atoms with Crippen LogP contribution in [0.15, 0.2) is 54.7 Å². The largest absolute Gasteiger partial charge is 0.461 e. The molecule has 0 spiro atoms. The number of benzene rings is 2. The van der Waals surface area contributed by atoms with E-state index in [9.17, 15) is 9.59 Å². The molecule has 0 radical (unpaired) electrons. The number of ether oxygens (including phenoxy) is 1. The Labute approximate surface area is 162 Å². The Bertz CT molecular complexity index is 965. The van der Waals surface area contributed by atoms with Crippen LogP contribution in [0.5, 0.6) is 0 Å². The number of H-pyrrole nitrogens is 1. The fraction of sp³-hybridized carbons (Fsp3) is 0.238. The van der Waals surface area contributed by atoms with E-state index in [0.29, 0.717) is 17.0 Å². The number of fused-ring (bicyclic) bond motifs is 1. The van der Waals surface area contributed by atoms with Crippen molar-refractivity contribution in [1.82, 2.24) is 10.3 Å². The summed E-state index contributed by atoms with van der Waals surface area (Å²) in [6.45, 7) is 3.55. The van der Waals surface area contributed by atoms with Crippen LogP contribution in [-0.2, 0) is 16.0 Å². The van der Waals surface area contributed by atoms with Gasteiger partial charge >= 0.3 is 5.97 Å². The highest BCUT2D eigenvalue weighted by Gasteiger charge is 2.26. The molecule has 0 fully saturated rings. The molecule has 140 valence electrons. The van der Waals surface area contributed by atoms with Crippen LogP contribution in [0, 0.1) is 0 Å². The first-order valence-corrected chi connectivity index (χ1v) is 9.14. The Hall–Kier alpha value is -2.79. The van der Waals surface area contributed by atoms with Crippen molar-refractivity contribution in [1.29, 1.82) is 0 Å². The molecule has 2 N–H and O–H groups in total. The molecule has 2 aromatic carbocycles. The molecule has 0 saturated heterocycles. The average Bonchev–Trinajstić information content (AvgIpc) is 3.04. The van der Waals surface area contributed by atoms with Gasteiger partial charge in [0.15, 0.2) is 0 Å². The molecule has 1 atom stereocenters. The molecule has 1 unspecified atom stereocenters. The van der Waals surface area contributed by atoms with Gasteiger partial charge in [-0.2, -0.15) is 0 Å². The molecule has 0 saturated carbocycles. The highest BCUT2D eigenvalue weighted by atomic mass is 35.5. The smallest absolute Gasteiger partial charge is 0.329 e. The summed E-state index contributed by atoms with van der Waals surface area (Å²) in [6.07, 6.45) is 1.88. The van der Waals surface area contributed by atoms with Crippen molar-refractivity contribution in [2.45, 2.75) is 32.4 Å². The van der Waals surface area contributed by atoms with Crippen LogP contribution in [0.2, 0.25) is 5.02 Å². The number of carbonyl (C=O) groups excluding carboxylic acids is 2. The number of halogens is 1. The van der Waals surface area contributed by atoms with E-state index in [1.165, 1.54) is 0 Å². The van der Waals surface area contributed by atoms with E-state index in [2.05, 4.69) is 10.3 Å². The summed E-state index contributed by atoms with van der Waals surface area (Å²) in [5.74, 6) is -0.887. The van der Waals surface area contributed by atoms with Crippen LogP contribution in [0.3, 0.4) is 0 Å². The van der Waals surface area contributed by atoms with Crippen molar-refractivity contribution >= 4 is 34.4 Å². The number of esters is 1. The summed E-state index contributed by atoms with van der Waals surface area (Å²) >= 11 is 6.11. The molecular formula is C21H21ClN2O3. The second-order valence-electron chi connectivity index (χ2n) is 6.56. The molecule has 3 aromatic rings. The van der Waals surface area contributed by atoms with Crippen LogP contribution < -0.4 is 5.32 Å². The molecule has 0 bridgehead atoms. The minimum atomic E-state index is -0.824. The van der Waals surface area contributed by atoms with Crippen LogP contribution in [-0.4, -0.2) is 29.0 Å². The number of hydrogen-bond donors (Lipinski definition) is 2. The van der Waals surface area contributed by atoms with E-state index < -0.39 is 17.9 Å². The summed E-state index contributed by atoms with van der Waals surface area (Å²) in [6, 6.07) is 13.7. The van der Waals surface area contributed by atoms with Gasteiger partial charge in [-0.3, -0.25) is 4.79 Å². The molecular weight excluding hydrogens is 364 g/mol. The highest BCUT2D eigenvalue weighted by Crippen LogP contribution is 2.20. The van der Waals surface area contributed by atoms with Gasteiger partial charge in [0.25, 0.3) is 5.91 Å². The van der Waals surface area contributed by atoms with E-state index in [-0.39, 0.29) is 6.10 Å². The van der Waals surface area contributed by atoms with Gasteiger partial charge in [-0.1, -0.05) is 41.9 Å². The maximum Gasteiger partial charge on any atom is 0.329 e. The van der Waals surface area contributed by atoms with Crippen molar-refractivity contribution < 1.29 is 14.3 Å². The lowest BCUT2D eigenvalue weighted by molar-refractivity contribution is -0.149. The third-order valence-corrected chi connectivity index (χ3v) is 4.49. The highest BCUT2D eigenvalue weighted by molar-refractivity contribution is 6.33. The number of rotatable bonds is 6. The third-order valence-electron chi connectivity index (χ3n) is 4.16. The number of carbonyl (C=O) groups is 2. The maximum atomic E-state index is 12.6. The zero-order valence-electron chi connectivity index (χ0n) is 15.2.